The normalized spacial score (nSPS) is 16.1. The van der Waals surface area contributed by atoms with Gasteiger partial charge < -0.3 is 16.4 Å². The number of piperidine rings is 1. The summed E-state index contributed by atoms with van der Waals surface area (Å²) < 4.78 is 0. The second kappa shape index (κ2) is 5.99. The Bertz CT molecular complexity index is 571. The highest BCUT2D eigenvalue weighted by atomic mass is 15.3. The van der Waals surface area contributed by atoms with Crippen LogP contribution in [0.2, 0.25) is 0 Å². The minimum absolute atomic E-state index is 0.434. The molecule has 1 aliphatic rings. The molecule has 1 aromatic carbocycles. The fourth-order valence-corrected chi connectivity index (χ4v) is 2.90. The summed E-state index contributed by atoms with van der Waals surface area (Å²) in [4.78, 5) is 10.7. The lowest BCUT2D eigenvalue weighted by molar-refractivity contribution is 0.401. The van der Waals surface area contributed by atoms with Crippen molar-refractivity contribution >= 4 is 17.6 Å². The molecule has 1 fully saturated rings. The number of rotatable bonds is 3. The highest BCUT2D eigenvalue weighted by Gasteiger charge is 2.21. The van der Waals surface area contributed by atoms with Gasteiger partial charge in [0.25, 0.3) is 0 Å². The second-order valence-corrected chi connectivity index (χ2v) is 5.64. The molecule has 0 radical (unpaired) electrons. The predicted molar refractivity (Wildman–Crippen MR) is 85.9 cm³/mol. The summed E-state index contributed by atoms with van der Waals surface area (Å²) in [5, 5.41) is 0. The van der Waals surface area contributed by atoms with E-state index < -0.39 is 0 Å². The Balaban J connectivity index is 1.60. The van der Waals surface area contributed by atoms with Crippen molar-refractivity contribution in [3.63, 3.8) is 0 Å². The van der Waals surface area contributed by atoms with Gasteiger partial charge in [-0.1, -0.05) is 30.3 Å². The fourth-order valence-electron chi connectivity index (χ4n) is 2.90. The zero-order chi connectivity index (χ0) is 14.7. The van der Waals surface area contributed by atoms with Crippen LogP contribution < -0.4 is 16.4 Å². The topological polar surface area (TPSA) is 81.1 Å². The zero-order valence-corrected chi connectivity index (χ0v) is 12.1. The number of nitrogen functional groups attached to an aromatic ring is 2. The molecule has 0 amide bonds. The molecule has 5 nitrogen and oxygen atoms in total. The van der Waals surface area contributed by atoms with Crippen LogP contribution in [0.5, 0.6) is 0 Å². The zero-order valence-electron chi connectivity index (χ0n) is 12.1. The van der Waals surface area contributed by atoms with E-state index in [-0.39, 0.29) is 0 Å². The van der Waals surface area contributed by atoms with Crippen LogP contribution in [-0.2, 0) is 6.42 Å². The van der Waals surface area contributed by atoms with Gasteiger partial charge in [0.1, 0.15) is 11.6 Å². The van der Waals surface area contributed by atoms with Crippen LogP contribution in [0, 0.1) is 5.92 Å². The molecule has 0 aliphatic carbocycles. The molecule has 1 saturated heterocycles. The van der Waals surface area contributed by atoms with Crippen LogP contribution >= 0.6 is 0 Å². The molecule has 4 N–H and O–H groups in total. The largest absolute Gasteiger partial charge is 0.383 e. The van der Waals surface area contributed by atoms with E-state index in [1.165, 1.54) is 5.56 Å². The molecule has 1 aliphatic heterocycles. The van der Waals surface area contributed by atoms with Crippen molar-refractivity contribution in [1.82, 2.24) is 9.97 Å². The van der Waals surface area contributed by atoms with E-state index in [4.69, 9.17) is 11.5 Å². The van der Waals surface area contributed by atoms with E-state index in [0.717, 1.165) is 38.3 Å². The number of nitrogens with zero attached hydrogens (tertiary/aromatic N) is 3. The van der Waals surface area contributed by atoms with E-state index >= 15 is 0 Å². The standard InChI is InChI=1S/C16H21N5/c17-14-11-15(18)20-16(19-14)21-8-6-13(7-9-21)10-12-4-2-1-3-5-12/h1-5,11,13H,6-10H2,(H4,17,18,19,20). The molecule has 21 heavy (non-hydrogen) atoms. The number of anilines is 3. The highest BCUT2D eigenvalue weighted by Crippen LogP contribution is 2.24. The number of hydrogen-bond donors (Lipinski definition) is 2. The maximum Gasteiger partial charge on any atom is 0.229 e. The van der Waals surface area contributed by atoms with Gasteiger partial charge in [-0.05, 0) is 30.7 Å². The summed E-state index contributed by atoms with van der Waals surface area (Å²) >= 11 is 0. The monoisotopic (exact) mass is 283 g/mol. The molecule has 0 bridgehead atoms. The first-order valence-corrected chi connectivity index (χ1v) is 7.39. The van der Waals surface area contributed by atoms with Crippen molar-refractivity contribution in [1.29, 1.82) is 0 Å². The van der Waals surface area contributed by atoms with Crippen LogP contribution in [0.1, 0.15) is 18.4 Å². The van der Waals surface area contributed by atoms with Gasteiger partial charge in [-0.3, -0.25) is 0 Å². The van der Waals surface area contributed by atoms with Gasteiger partial charge in [-0.15, -0.1) is 0 Å². The molecular weight excluding hydrogens is 262 g/mol. The van der Waals surface area contributed by atoms with Crippen molar-refractivity contribution in [3.05, 3.63) is 42.0 Å². The van der Waals surface area contributed by atoms with Gasteiger partial charge in [0.05, 0.1) is 0 Å². The van der Waals surface area contributed by atoms with E-state index in [9.17, 15) is 0 Å². The number of nitrogens with two attached hydrogens (primary N) is 2. The molecule has 3 rings (SSSR count). The summed E-state index contributed by atoms with van der Waals surface area (Å²) in [7, 11) is 0. The number of hydrogen-bond acceptors (Lipinski definition) is 5. The van der Waals surface area contributed by atoms with Gasteiger partial charge in [0.15, 0.2) is 0 Å². The quantitative estimate of drug-likeness (QED) is 0.901. The van der Waals surface area contributed by atoms with Crippen LogP contribution in [0.3, 0.4) is 0 Å². The van der Waals surface area contributed by atoms with E-state index in [2.05, 4.69) is 45.2 Å². The van der Waals surface area contributed by atoms with Crippen molar-refractivity contribution in [2.75, 3.05) is 29.5 Å². The Morgan fingerprint density at radius 2 is 1.62 bits per heavy atom. The highest BCUT2D eigenvalue weighted by molar-refractivity contribution is 5.48. The van der Waals surface area contributed by atoms with Gasteiger partial charge >= 0.3 is 0 Å². The molecule has 2 aromatic rings. The minimum atomic E-state index is 0.434. The van der Waals surface area contributed by atoms with E-state index in [1.807, 2.05) is 0 Å². The third-order valence-corrected chi connectivity index (χ3v) is 4.02. The summed E-state index contributed by atoms with van der Waals surface area (Å²) in [6, 6.07) is 12.3. The van der Waals surface area contributed by atoms with Gasteiger partial charge in [0.2, 0.25) is 5.95 Å². The maximum absolute atomic E-state index is 5.74. The minimum Gasteiger partial charge on any atom is -0.383 e. The lowest BCUT2D eigenvalue weighted by Crippen LogP contribution is -2.35. The third-order valence-electron chi connectivity index (χ3n) is 4.02. The maximum atomic E-state index is 5.74. The van der Waals surface area contributed by atoms with Crippen molar-refractivity contribution in [2.24, 2.45) is 5.92 Å². The average Bonchev–Trinajstić information content (AvgIpc) is 2.48. The SMILES string of the molecule is Nc1cc(N)nc(N2CCC(Cc3ccccc3)CC2)n1. The third kappa shape index (κ3) is 3.42. The average molecular weight is 283 g/mol. The predicted octanol–water partition coefficient (Wildman–Crippen LogP) is 2.10. The van der Waals surface area contributed by atoms with Crippen LogP contribution in [0.25, 0.3) is 0 Å². The molecule has 1 aromatic heterocycles. The molecule has 0 spiro atoms. The van der Waals surface area contributed by atoms with Crippen molar-refractivity contribution in [2.45, 2.75) is 19.3 Å². The van der Waals surface area contributed by atoms with Gasteiger partial charge in [-0.25, -0.2) is 0 Å². The lowest BCUT2D eigenvalue weighted by Gasteiger charge is -2.32. The first-order chi connectivity index (χ1) is 10.2. The van der Waals surface area contributed by atoms with Crippen LogP contribution in [0.15, 0.2) is 36.4 Å². The summed E-state index contributed by atoms with van der Waals surface area (Å²) in [5.41, 5.74) is 12.9. The van der Waals surface area contributed by atoms with Gasteiger partial charge in [0, 0.05) is 19.2 Å². The molecule has 0 saturated carbocycles. The van der Waals surface area contributed by atoms with Gasteiger partial charge in [-0.2, -0.15) is 9.97 Å². The van der Waals surface area contributed by atoms with E-state index in [0.29, 0.717) is 17.6 Å². The molecule has 0 atom stereocenters. The number of aromatic nitrogens is 2. The Kier molecular flexibility index (Phi) is 3.90. The Morgan fingerprint density at radius 1 is 1.00 bits per heavy atom. The second-order valence-electron chi connectivity index (χ2n) is 5.64. The molecular formula is C16H21N5. The lowest BCUT2D eigenvalue weighted by atomic mass is 9.90. The Morgan fingerprint density at radius 3 is 2.24 bits per heavy atom. The van der Waals surface area contributed by atoms with Crippen molar-refractivity contribution in [3.8, 4) is 0 Å². The van der Waals surface area contributed by atoms with Crippen molar-refractivity contribution < 1.29 is 0 Å². The molecule has 5 heteroatoms. The van der Waals surface area contributed by atoms with Crippen LogP contribution in [-0.4, -0.2) is 23.1 Å². The first-order valence-electron chi connectivity index (χ1n) is 7.39. The summed E-state index contributed by atoms with van der Waals surface area (Å²) in [6.45, 7) is 1.92. The Hall–Kier alpha value is -2.30. The summed E-state index contributed by atoms with van der Waals surface area (Å²) in [5.74, 6) is 2.25. The Labute approximate surface area is 125 Å². The van der Waals surface area contributed by atoms with Crippen LogP contribution in [0.4, 0.5) is 17.6 Å². The fraction of sp³-hybridized carbons (Fsp3) is 0.375. The molecule has 2 heterocycles. The first kappa shape index (κ1) is 13.7. The number of benzene rings is 1. The molecule has 0 unspecified atom stereocenters. The smallest absolute Gasteiger partial charge is 0.229 e. The summed E-state index contributed by atoms with van der Waals surface area (Å²) in [6.07, 6.45) is 3.44. The van der Waals surface area contributed by atoms with E-state index in [1.54, 1.807) is 6.07 Å². The molecule has 110 valence electrons.